The van der Waals surface area contributed by atoms with Crippen LogP contribution < -0.4 is 5.73 Å². The van der Waals surface area contributed by atoms with Crippen LogP contribution in [0.1, 0.15) is 32.5 Å². The third-order valence-corrected chi connectivity index (χ3v) is 3.19. The molecule has 5 heteroatoms. The van der Waals surface area contributed by atoms with Gasteiger partial charge < -0.3 is 10.8 Å². The molecule has 0 saturated carbocycles. The minimum absolute atomic E-state index is 0.205. The van der Waals surface area contributed by atoms with Crippen molar-refractivity contribution in [2.75, 3.05) is 12.3 Å². The van der Waals surface area contributed by atoms with E-state index in [1.165, 1.54) is 0 Å². The van der Waals surface area contributed by atoms with Crippen LogP contribution in [0.15, 0.2) is 11.1 Å². The van der Waals surface area contributed by atoms with Gasteiger partial charge in [-0.3, -0.25) is 0 Å². The van der Waals surface area contributed by atoms with Gasteiger partial charge in [-0.05, 0) is 12.8 Å². The third kappa shape index (κ3) is 4.37. The summed E-state index contributed by atoms with van der Waals surface area (Å²) < 4.78 is 0. The third-order valence-electron chi connectivity index (χ3n) is 2.10. The quantitative estimate of drug-likeness (QED) is 0.587. The van der Waals surface area contributed by atoms with Gasteiger partial charge in [0.1, 0.15) is 16.7 Å². The van der Waals surface area contributed by atoms with E-state index in [9.17, 15) is 0 Å². The number of aromatic nitrogens is 2. The van der Waals surface area contributed by atoms with Gasteiger partial charge in [-0.15, -0.1) is 11.8 Å². The molecule has 1 heterocycles. The molecule has 1 unspecified atom stereocenters. The molecule has 0 radical (unpaired) electrons. The van der Waals surface area contributed by atoms with E-state index in [0.717, 1.165) is 30.1 Å². The Kier molecular flexibility index (Phi) is 5.55. The van der Waals surface area contributed by atoms with E-state index in [0.29, 0.717) is 11.1 Å². The number of aryl methyl sites for hydroxylation is 1. The minimum atomic E-state index is 0.205. The number of nitrogen functional groups attached to an aromatic ring is 1. The molecule has 0 spiro atoms. The van der Waals surface area contributed by atoms with Gasteiger partial charge in [-0.2, -0.15) is 0 Å². The van der Waals surface area contributed by atoms with Crippen LogP contribution in [0.2, 0.25) is 0 Å². The van der Waals surface area contributed by atoms with Gasteiger partial charge in [0.05, 0.1) is 0 Å². The second-order valence-corrected chi connectivity index (χ2v) is 5.20. The van der Waals surface area contributed by atoms with Gasteiger partial charge in [0.25, 0.3) is 0 Å². The number of rotatable bonds is 6. The zero-order chi connectivity index (χ0) is 12.0. The molecule has 0 amide bonds. The van der Waals surface area contributed by atoms with Crippen molar-refractivity contribution in [3.8, 4) is 0 Å². The Balaban J connectivity index is 2.71. The lowest BCUT2D eigenvalue weighted by atomic mass is 10.3. The Morgan fingerprint density at radius 3 is 2.88 bits per heavy atom. The van der Waals surface area contributed by atoms with E-state index in [4.69, 9.17) is 10.8 Å². The number of thioether (sulfide) groups is 1. The highest BCUT2D eigenvalue weighted by atomic mass is 32.2. The van der Waals surface area contributed by atoms with Crippen LogP contribution in [-0.2, 0) is 6.42 Å². The fourth-order valence-electron chi connectivity index (χ4n) is 1.33. The van der Waals surface area contributed by atoms with Gasteiger partial charge in [-0.1, -0.05) is 13.8 Å². The number of hydrogen-bond acceptors (Lipinski definition) is 5. The Hall–Kier alpha value is -0.810. The highest BCUT2D eigenvalue weighted by Gasteiger charge is 2.07. The first kappa shape index (κ1) is 13.3. The molecule has 90 valence electrons. The second kappa shape index (κ2) is 6.70. The van der Waals surface area contributed by atoms with E-state index in [2.05, 4.69) is 23.8 Å². The average molecular weight is 241 g/mol. The predicted octanol–water partition coefficient (Wildman–Crippen LogP) is 1.87. The van der Waals surface area contributed by atoms with Crippen LogP contribution in [-0.4, -0.2) is 26.9 Å². The molecular formula is C11H19N3OS. The van der Waals surface area contributed by atoms with Crippen molar-refractivity contribution in [1.29, 1.82) is 0 Å². The van der Waals surface area contributed by atoms with Crippen molar-refractivity contribution >= 4 is 17.6 Å². The van der Waals surface area contributed by atoms with Crippen LogP contribution in [0.4, 0.5) is 5.82 Å². The maximum absolute atomic E-state index is 8.84. The maximum Gasteiger partial charge on any atom is 0.132 e. The van der Waals surface area contributed by atoms with Gasteiger partial charge >= 0.3 is 0 Å². The summed E-state index contributed by atoms with van der Waals surface area (Å²) in [5.74, 6) is 1.33. The van der Waals surface area contributed by atoms with Crippen molar-refractivity contribution < 1.29 is 5.11 Å². The second-order valence-electron chi connectivity index (χ2n) is 3.74. The van der Waals surface area contributed by atoms with Crippen LogP contribution >= 0.6 is 11.8 Å². The van der Waals surface area contributed by atoms with Crippen molar-refractivity contribution in [3.63, 3.8) is 0 Å². The Morgan fingerprint density at radius 2 is 2.25 bits per heavy atom. The largest absolute Gasteiger partial charge is 0.396 e. The number of aliphatic hydroxyl groups is 1. The zero-order valence-corrected chi connectivity index (χ0v) is 10.6. The molecule has 0 aliphatic rings. The molecule has 1 aromatic heterocycles. The molecule has 1 aromatic rings. The highest BCUT2D eigenvalue weighted by molar-refractivity contribution is 7.99. The summed E-state index contributed by atoms with van der Waals surface area (Å²) >= 11 is 1.63. The lowest BCUT2D eigenvalue weighted by Gasteiger charge is -2.09. The number of hydrogen-bond donors (Lipinski definition) is 2. The summed E-state index contributed by atoms with van der Waals surface area (Å²) in [6, 6.07) is 1.79. The van der Waals surface area contributed by atoms with Crippen LogP contribution in [0.3, 0.4) is 0 Å². The van der Waals surface area contributed by atoms with E-state index >= 15 is 0 Å². The van der Waals surface area contributed by atoms with E-state index in [1.807, 2.05) is 0 Å². The fourth-order valence-corrected chi connectivity index (χ4v) is 2.32. The van der Waals surface area contributed by atoms with Crippen molar-refractivity contribution in [1.82, 2.24) is 9.97 Å². The summed E-state index contributed by atoms with van der Waals surface area (Å²) in [5, 5.41) is 10.1. The summed E-state index contributed by atoms with van der Waals surface area (Å²) in [7, 11) is 0. The van der Waals surface area contributed by atoms with Gasteiger partial charge in [0, 0.05) is 24.3 Å². The summed E-state index contributed by atoms with van der Waals surface area (Å²) in [5.41, 5.74) is 5.73. The Morgan fingerprint density at radius 1 is 1.50 bits per heavy atom. The van der Waals surface area contributed by atoms with Crippen LogP contribution in [0.5, 0.6) is 0 Å². The molecule has 0 aliphatic heterocycles. The topological polar surface area (TPSA) is 72.0 Å². The highest BCUT2D eigenvalue weighted by Crippen LogP contribution is 2.24. The molecule has 0 fully saturated rings. The molecule has 0 saturated heterocycles. The number of nitrogens with zero attached hydrogens (tertiary/aromatic N) is 2. The summed E-state index contributed by atoms with van der Waals surface area (Å²) in [6.07, 6.45) is 2.63. The molecule has 0 aliphatic carbocycles. The molecular weight excluding hydrogens is 222 g/mol. The van der Waals surface area contributed by atoms with Gasteiger partial charge in [-0.25, -0.2) is 9.97 Å². The molecule has 16 heavy (non-hydrogen) atoms. The van der Waals surface area contributed by atoms with Crippen LogP contribution in [0, 0.1) is 0 Å². The number of nitrogens with two attached hydrogens (primary N) is 1. The van der Waals surface area contributed by atoms with Gasteiger partial charge in [0.2, 0.25) is 0 Å². The lowest BCUT2D eigenvalue weighted by molar-refractivity contribution is 0.289. The van der Waals surface area contributed by atoms with Crippen molar-refractivity contribution in [2.45, 2.75) is 43.4 Å². The molecule has 4 nitrogen and oxygen atoms in total. The fraction of sp³-hybridized carbons (Fsp3) is 0.636. The van der Waals surface area contributed by atoms with E-state index < -0.39 is 0 Å². The molecule has 0 aromatic carbocycles. The normalized spacial score (nSPS) is 12.7. The lowest BCUT2D eigenvalue weighted by Crippen LogP contribution is -2.04. The first-order chi connectivity index (χ1) is 7.65. The standard InChI is InChI=1S/C11H19N3OS/c1-3-4-10-13-9(12)7-11(14-10)16-8(2)5-6-15/h7-8,15H,3-6H2,1-2H3,(H2,12,13,14). The Bertz CT molecular complexity index is 333. The SMILES string of the molecule is CCCc1nc(N)cc(SC(C)CCO)n1. The monoisotopic (exact) mass is 241 g/mol. The molecule has 0 bridgehead atoms. The summed E-state index contributed by atoms with van der Waals surface area (Å²) in [6.45, 7) is 4.36. The maximum atomic E-state index is 8.84. The molecule has 1 rings (SSSR count). The average Bonchev–Trinajstić information content (AvgIpc) is 2.17. The van der Waals surface area contributed by atoms with E-state index in [1.54, 1.807) is 17.8 Å². The number of anilines is 1. The van der Waals surface area contributed by atoms with Crippen LogP contribution in [0.25, 0.3) is 0 Å². The molecule has 1 atom stereocenters. The first-order valence-electron chi connectivity index (χ1n) is 5.56. The van der Waals surface area contributed by atoms with Crippen molar-refractivity contribution in [3.05, 3.63) is 11.9 Å². The Labute approximate surface area is 101 Å². The number of aliphatic hydroxyl groups excluding tert-OH is 1. The zero-order valence-electron chi connectivity index (χ0n) is 9.81. The van der Waals surface area contributed by atoms with Gasteiger partial charge in [0.15, 0.2) is 0 Å². The summed E-state index contributed by atoms with van der Waals surface area (Å²) in [4.78, 5) is 8.62. The minimum Gasteiger partial charge on any atom is -0.396 e. The molecule has 3 N–H and O–H groups in total. The first-order valence-corrected chi connectivity index (χ1v) is 6.44. The van der Waals surface area contributed by atoms with E-state index in [-0.39, 0.29) is 6.61 Å². The predicted molar refractivity (Wildman–Crippen MR) is 67.5 cm³/mol. The smallest absolute Gasteiger partial charge is 0.132 e. The van der Waals surface area contributed by atoms with Crippen molar-refractivity contribution in [2.24, 2.45) is 0 Å².